The van der Waals surface area contributed by atoms with Gasteiger partial charge in [0.1, 0.15) is 0 Å². The normalized spacial score (nSPS) is 27.7. The van der Waals surface area contributed by atoms with Crippen LogP contribution in [0.25, 0.3) is 0 Å². The largest absolute Gasteiger partial charge is 0.316 e. The quantitative estimate of drug-likeness (QED) is 0.792. The first-order valence-electron chi connectivity index (χ1n) is 7.44. The van der Waals surface area contributed by atoms with Crippen molar-refractivity contribution in [3.05, 3.63) is 0 Å². The molecule has 100 valence electrons. The highest BCUT2D eigenvalue weighted by Gasteiger charge is 2.37. The Morgan fingerprint density at radius 1 is 1.29 bits per heavy atom. The Bertz CT molecular complexity index is 243. The fourth-order valence-corrected chi connectivity index (χ4v) is 3.41. The first kappa shape index (κ1) is 13.4. The van der Waals surface area contributed by atoms with Gasteiger partial charge in [-0.05, 0) is 56.1 Å². The predicted molar refractivity (Wildman–Crippen MR) is 74.2 cm³/mol. The molecule has 0 aromatic carbocycles. The number of likely N-dealkylation sites (tertiary alicyclic amines) is 1. The zero-order chi connectivity index (χ0) is 12.5. The lowest BCUT2D eigenvalue weighted by Crippen LogP contribution is -2.53. The molecule has 2 aliphatic heterocycles. The molecule has 1 N–H and O–H groups in total. The van der Waals surface area contributed by atoms with Crippen LogP contribution < -0.4 is 5.32 Å². The van der Waals surface area contributed by atoms with Crippen molar-refractivity contribution in [2.75, 3.05) is 26.2 Å². The predicted octanol–water partition coefficient (Wildman–Crippen LogP) is 2.74. The van der Waals surface area contributed by atoms with Crippen molar-refractivity contribution in [2.45, 2.75) is 53.0 Å². The summed E-state index contributed by atoms with van der Waals surface area (Å²) < 4.78 is 0. The van der Waals surface area contributed by atoms with Crippen molar-refractivity contribution in [1.82, 2.24) is 10.2 Å². The molecule has 0 aromatic rings. The zero-order valence-electron chi connectivity index (χ0n) is 12.1. The number of nitrogens with one attached hydrogen (secondary N) is 1. The van der Waals surface area contributed by atoms with Crippen LogP contribution in [0.15, 0.2) is 0 Å². The molecule has 0 saturated carbocycles. The Balaban J connectivity index is 1.88. The van der Waals surface area contributed by atoms with Gasteiger partial charge >= 0.3 is 0 Å². The van der Waals surface area contributed by atoms with E-state index >= 15 is 0 Å². The first-order valence-corrected chi connectivity index (χ1v) is 7.44. The van der Waals surface area contributed by atoms with Crippen molar-refractivity contribution < 1.29 is 0 Å². The SMILES string of the molecule is CC(C)CC1CCCN1CC(C)(C)C1CNC1. The third-order valence-electron chi connectivity index (χ3n) is 4.74. The molecule has 1 atom stereocenters. The van der Waals surface area contributed by atoms with Crippen LogP contribution in [-0.2, 0) is 0 Å². The maximum Gasteiger partial charge on any atom is 0.00983 e. The van der Waals surface area contributed by atoms with Gasteiger partial charge < -0.3 is 5.32 Å². The summed E-state index contributed by atoms with van der Waals surface area (Å²) in [4.78, 5) is 2.78. The van der Waals surface area contributed by atoms with Crippen molar-refractivity contribution in [3.63, 3.8) is 0 Å². The highest BCUT2D eigenvalue weighted by atomic mass is 15.2. The van der Waals surface area contributed by atoms with Gasteiger partial charge in [-0.25, -0.2) is 0 Å². The lowest BCUT2D eigenvalue weighted by Gasteiger charge is -2.44. The Hall–Kier alpha value is -0.0800. The second kappa shape index (κ2) is 5.27. The van der Waals surface area contributed by atoms with Crippen LogP contribution in [0.5, 0.6) is 0 Å². The third kappa shape index (κ3) is 3.23. The van der Waals surface area contributed by atoms with Gasteiger partial charge in [0.25, 0.3) is 0 Å². The fourth-order valence-electron chi connectivity index (χ4n) is 3.41. The van der Waals surface area contributed by atoms with E-state index in [9.17, 15) is 0 Å². The Morgan fingerprint density at radius 2 is 2.00 bits per heavy atom. The van der Waals surface area contributed by atoms with Crippen molar-refractivity contribution in [1.29, 1.82) is 0 Å². The Morgan fingerprint density at radius 3 is 2.53 bits per heavy atom. The Labute approximate surface area is 107 Å². The van der Waals surface area contributed by atoms with Gasteiger partial charge in [0.05, 0.1) is 0 Å². The van der Waals surface area contributed by atoms with Gasteiger partial charge in [0.15, 0.2) is 0 Å². The highest BCUT2D eigenvalue weighted by Crippen LogP contribution is 2.34. The molecule has 0 aliphatic carbocycles. The molecule has 0 spiro atoms. The third-order valence-corrected chi connectivity index (χ3v) is 4.74. The molecule has 1 unspecified atom stereocenters. The Kier molecular flexibility index (Phi) is 4.14. The van der Waals surface area contributed by atoms with Crippen LogP contribution >= 0.6 is 0 Å². The molecule has 2 heteroatoms. The molecule has 2 heterocycles. The molecule has 2 nitrogen and oxygen atoms in total. The minimum absolute atomic E-state index is 0.491. The number of nitrogens with zero attached hydrogens (tertiary/aromatic N) is 1. The lowest BCUT2D eigenvalue weighted by atomic mass is 9.75. The van der Waals surface area contributed by atoms with Crippen LogP contribution in [0, 0.1) is 17.3 Å². The molecule has 2 saturated heterocycles. The van der Waals surface area contributed by atoms with Gasteiger partial charge in [-0.15, -0.1) is 0 Å². The molecule has 0 amide bonds. The number of hydrogen-bond donors (Lipinski definition) is 1. The summed E-state index contributed by atoms with van der Waals surface area (Å²) in [6.07, 6.45) is 4.23. The van der Waals surface area contributed by atoms with Gasteiger partial charge in [0, 0.05) is 12.6 Å². The van der Waals surface area contributed by atoms with E-state index < -0.39 is 0 Å². The van der Waals surface area contributed by atoms with Gasteiger partial charge in [-0.1, -0.05) is 27.7 Å². The van der Waals surface area contributed by atoms with E-state index in [2.05, 4.69) is 37.9 Å². The second-order valence-electron chi connectivity index (χ2n) is 7.24. The summed E-state index contributed by atoms with van der Waals surface area (Å²) in [7, 11) is 0. The topological polar surface area (TPSA) is 15.3 Å². The molecular formula is C15H30N2. The molecule has 0 aromatic heterocycles. The monoisotopic (exact) mass is 238 g/mol. The lowest BCUT2D eigenvalue weighted by molar-refractivity contribution is 0.0737. The molecular weight excluding hydrogens is 208 g/mol. The molecule has 0 radical (unpaired) electrons. The smallest absolute Gasteiger partial charge is 0.00983 e. The van der Waals surface area contributed by atoms with Gasteiger partial charge in [-0.2, -0.15) is 0 Å². The van der Waals surface area contributed by atoms with E-state index in [0.717, 1.165) is 17.9 Å². The maximum absolute atomic E-state index is 3.42. The van der Waals surface area contributed by atoms with Crippen molar-refractivity contribution >= 4 is 0 Å². The first-order chi connectivity index (χ1) is 7.99. The fraction of sp³-hybridized carbons (Fsp3) is 1.00. The van der Waals surface area contributed by atoms with E-state index in [1.165, 1.54) is 45.4 Å². The maximum atomic E-state index is 3.42. The van der Waals surface area contributed by atoms with Gasteiger partial charge in [0.2, 0.25) is 0 Å². The average molecular weight is 238 g/mol. The number of hydrogen-bond acceptors (Lipinski definition) is 2. The van der Waals surface area contributed by atoms with Crippen LogP contribution in [0.4, 0.5) is 0 Å². The van der Waals surface area contributed by atoms with Crippen LogP contribution in [-0.4, -0.2) is 37.1 Å². The zero-order valence-corrected chi connectivity index (χ0v) is 12.1. The second-order valence-corrected chi connectivity index (χ2v) is 7.24. The van der Waals surface area contributed by atoms with E-state index in [1.54, 1.807) is 0 Å². The van der Waals surface area contributed by atoms with Crippen LogP contribution in [0.1, 0.15) is 47.0 Å². The van der Waals surface area contributed by atoms with E-state index in [4.69, 9.17) is 0 Å². The van der Waals surface area contributed by atoms with Crippen molar-refractivity contribution in [2.24, 2.45) is 17.3 Å². The number of rotatable bonds is 5. The molecule has 2 fully saturated rings. The van der Waals surface area contributed by atoms with Crippen LogP contribution in [0.2, 0.25) is 0 Å². The minimum Gasteiger partial charge on any atom is -0.316 e. The van der Waals surface area contributed by atoms with Crippen LogP contribution in [0.3, 0.4) is 0 Å². The molecule has 0 bridgehead atoms. The van der Waals surface area contributed by atoms with E-state index in [0.29, 0.717) is 5.41 Å². The summed E-state index contributed by atoms with van der Waals surface area (Å²) in [6, 6.07) is 0.863. The molecule has 2 aliphatic rings. The van der Waals surface area contributed by atoms with Crippen molar-refractivity contribution in [3.8, 4) is 0 Å². The summed E-state index contributed by atoms with van der Waals surface area (Å²) in [5, 5.41) is 3.42. The van der Waals surface area contributed by atoms with E-state index in [1.807, 2.05) is 0 Å². The summed E-state index contributed by atoms with van der Waals surface area (Å²) in [6.45, 7) is 14.7. The van der Waals surface area contributed by atoms with E-state index in [-0.39, 0.29) is 0 Å². The summed E-state index contributed by atoms with van der Waals surface area (Å²) in [5.74, 6) is 1.73. The standard InChI is InChI=1S/C15H30N2/c1-12(2)8-14-6-5-7-17(14)11-15(3,4)13-9-16-10-13/h12-14,16H,5-11H2,1-4H3. The highest BCUT2D eigenvalue weighted by molar-refractivity contribution is 4.92. The molecule has 17 heavy (non-hydrogen) atoms. The summed E-state index contributed by atoms with van der Waals surface area (Å²) >= 11 is 0. The summed E-state index contributed by atoms with van der Waals surface area (Å²) in [5.41, 5.74) is 0.491. The van der Waals surface area contributed by atoms with Gasteiger partial charge in [-0.3, -0.25) is 4.90 Å². The average Bonchev–Trinajstić information content (AvgIpc) is 2.46. The minimum atomic E-state index is 0.491. The molecule has 2 rings (SSSR count).